The zero-order chi connectivity index (χ0) is 15.4. The topological polar surface area (TPSA) is 18.5 Å². The van der Waals surface area contributed by atoms with E-state index in [2.05, 4.69) is 68.3 Å². The van der Waals surface area contributed by atoms with Gasteiger partial charge in [0.2, 0.25) is 0 Å². The van der Waals surface area contributed by atoms with Crippen molar-refractivity contribution < 1.29 is 0 Å². The number of hydrogen-bond donors (Lipinski definition) is 1. The van der Waals surface area contributed by atoms with E-state index in [4.69, 9.17) is 0 Å². The average Bonchev–Trinajstić information content (AvgIpc) is 2.43. The quantitative estimate of drug-likeness (QED) is 0.869. The van der Waals surface area contributed by atoms with E-state index in [9.17, 15) is 0 Å². The molecule has 1 aliphatic rings. The van der Waals surface area contributed by atoms with E-state index in [1.807, 2.05) is 0 Å². The summed E-state index contributed by atoms with van der Waals surface area (Å²) in [5.41, 5.74) is 4.34. The van der Waals surface area contributed by atoms with Crippen molar-refractivity contribution in [2.45, 2.75) is 39.3 Å². The summed E-state index contributed by atoms with van der Waals surface area (Å²) in [4.78, 5) is 4.64. The normalized spacial score (nSPS) is 16.4. The molecule has 0 radical (unpaired) electrons. The molecule has 1 atom stereocenters. The molecule has 1 aromatic carbocycles. The molecule has 1 heterocycles. The Balaban J connectivity index is 1.99. The molecule has 0 aromatic heterocycles. The molecule has 0 fully saturated rings. The summed E-state index contributed by atoms with van der Waals surface area (Å²) < 4.78 is 0. The molecule has 3 nitrogen and oxygen atoms in total. The van der Waals surface area contributed by atoms with Gasteiger partial charge >= 0.3 is 0 Å². The molecule has 0 bridgehead atoms. The van der Waals surface area contributed by atoms with Crippen molar-refractivity contribution in [3.8, 4) is 0 Å². The number of rotatable bonds is 6. The molecular formula is C18H31N3. The van der Waals surface area contributed by atoms with Gasteiger partial charge in [0.05, 0.1) is 0 Å². The maximum atomic E-state index is 3.73. The molecule has 0 spiro atoms. The molecular weight excluding hydrogens is 258 g/mol. The molecule has 118 valence electrons. The van der Waals surface area contributed by atoms with Crippen molar-refractivity contribution in [2.75, 3.05) is 39.1 Å². The van der Waals surface area contributed by atoms with E-state index in [-0.39, 0.29) is 0 Å². The summed E-state index contributed by atoms with van der Waals surface area (Å²) in [5.74, 6) is 0.649. The molecule has 2 rings (SSSR count). The first-order valence-electron chi connectivity index (χ1n) is 8.18. The third-order valence-corrected chi connectivity index (χ3v) is 4.43. The van der Waals surface area contributed by atoms with Gasteiger partial charge in [-0.3, -0.25) is 0 Å². The summed E-state index contributed by atoms with van der Waals surface area (Å²) in [6, 6.07) is 7.51. The minimum Gasteiger partial charge on any atom is -0.374 e. The van der Waals surface area contributed by atoms with Crippen molar-refractivity contribution >= 4 is 5.69 Å². The predicted molar refractivity (Wildman–Crippen MR) is 92.1 cm³/mol. The number of fused-ring (bicyclic) bond motifs is 1. The van der Waals surface area contributed by atoms with E-state index in [0.29, 0.717) is 12.0 Å². The van der Waals surface area contributed by atoms with Crippen LogP contribution in [0.1, 0.15) is 31.4 Å². The molecule has 1 unspecified atom stereocenters. The molecule has 1 aromatic rings. The van der Waals surface area contributed by atoms with Crippen molar-refractivity contribution in [3.05, 3.63) is 29.3 Å². The van der Waals surface area contributed by atoms with Crippen LogP contribution in [0.3, 0.4) is 0 Å². The first-order chi connectivity index (χ1) is 9.97. The van der Waals surface area contributed by atoms with Gasteiger partial charge in [0, 0.05) is 38.4 Å². The second kappa shape index (κ2) is 7.28. The van der Waals surface area contributed by atoms with Gasteiger partial charge in [-0.05, 0) is 50.0 Å². The zero-order valence-electron chi connectivity index (χ0n) is 14.3. The number of benzene rings is 1. The molecule has 0 saturated carbocycles. The summed E-state index contributed by atoms with van der Waals surface area (Å²) in [6.07, 6.45) is 2.49. The Morgan fingerprint density at radius 3 is 2.71 bits per heavy atom. The van der Waals surface area contributed by atoms with Crippen LogP contribution in [0.15, 0.2) is 18.2 Å². The second-order valence-corrected chi connectivity index (χ2v) is 6.98. The summed E-state index contributed by atoms with van der Waals surface area (Å²) in [5, 5.41) is 3.73. The Bertz CT molecular complexity index is 454. The lowest BCUT2D eigenvalue weighted by molar-refractivity contribution is 0.288. The molecule has 21 heavy (non-hydrogen) atoms. The van der Waals surface area contributed by atoms with Crippen molar-refractivity contribution in [2.24, 2.45) is 5.92 Å². The van der Waals surface area contributed by atoms with Crippen LogP contribution in [0.5, 0.6) is 0 Å². The Labute approximate surface area is 130 Å². The van der Waals surface area contributed by atoms with Crippen LogP contribution < -0.4 is 10.2 Å². The highest BCUT2D eigenvalue weighted by atomic mass is 15.1. The van der Waals surface area contributed by atoms with E-state index >= 15 is 0 Å². The molecule has 3 heteroatoms. The van der Waals surface area contributed by atoms with Crippen LogP contribution in [0.25, 0.3) is 0 Å². The number of likely N-dealkylation sites (N-methyl/N-ethyl adjacent to an activating group) is 1. The smallest absolute Gasteiger partial charge is 0.0396 e. The van der Waals surface area contributed by atoms with E-state index < -0.39 is 0 Å². The Kier molecular flexibility index (Phi) is 5.65. The highest BCUT2D eigenvalue weighted by molar-refractivity contribution is 5.56. The summed E-state index contributed by atoms with van der Waals surface area (Å²) in [7, 11) is 6.49. The van der Waals surface area contributed by atoms with Crippen LogP contribution in [-0.4, -0.2) is 45.2 Å². The maximum absolute atomic E-state index is 3.73. The monoisotopic (exact) mass is 289 g/mol. The van der Waals surface area contributed by atoms with Gasteiger partial charge in [-0.25, -0.2) is 0 Å². The lowest BCUT2D eigenvalue weighted by Gasteiger charge is -2.29. The summed E-state index contributed by atoms with van der Waals surface area (Å²) >= 11 is 0. The fourth-order valence-electron chi connectivity index (χ4n) is 3.10. The fraction of sp³-hybridized carbons (Fsp3) is 0.667. The molecule has 1 N–H and O–H groups in total. The number of aryl methyl sites for hydroxylation is 1. The number of hydrogen-bond acceptors (Lipinski definition) is 3. The first kappa shape index (κ1) is 16.3. The lowest BCUT2D eigenvalue weighted by atomic mass is 9.99. The summed E-state index contributed by atoms with van der Waals surface area (Å²) in [6.45, 7) is 7.83. The Morgan fingerprint density at radius 2 is 2.05 bits per heavy atom. The SMILES string of the molecule is CC(C)C(CN(C)C)NCc1ccc2c(c1)CCCN2C. The third-order valence-electron chi connectivity index (χ3n) is 4.43. The fourth-order valence-corrected chi connectivity index (χ4v) is 3.10. The van der Waals surface area contributed by atoms with E-state index in [0.717, 1.165) is 13.1 Å². The van der Waals surface area contributed by atoms with Gasteiger partial charge < -0.3 is 15.1 Å². The molecule has 0 amide bonds. The van der Waals surface area contributed by atoms with E-state index in [1.165, 1.54) is 36.2 Å². The Hall–Kier alpha value is -1.06. The van der Waals surface area contributed by atoms with Gasteiger partial charge in [-0.15, -0.1) is 0 Å². The number of nitrogens with zero attached hydrogens (tertiary/aromatic N) is 2. The minimum absolute atomic E-state index is 0.540. The van der Waals surface area contributed by atoms with E-state index in [1.54, 1.807) is 0 Å². The third kappa shape index (κ3) is 4.45. The van der Waals surface area contributed by atoms with Crippen molar-refractivity contribution in [1.82, 2.24) is 10.2 Å². The van der Waals surface area contributed by atoms with Gasteiger partial charge in [-0.2, -0.15) is 0 Å². The number of anilines is 1. The van der Waals surface area contributed by atoms with Crippen molar-refractivity contribution in [1.29, 1.82) is 0 Å². The predicted octanol–water partition coefficient (Wildman–Crippen LogP) is 2.74. The Morgan fingerprint density at radius 1 is 1.29 bits per heavy atom. The van der Waals surface area contributed by atoms with Gasteiger partial charge in [0.1, 0.15) is 0 Å². The van der Waals surface area contributed by atoms with Crippen LogP contribution in [0.2, 0.25) is 0 Å². The molecule has 0 saturated heterocycles. The maximum Gasteiger partial charge on any atom is 0.0396 e. The average molecular weight is 289 g/mol. The lowest BCUT2D eigenvalue weighted by Crippen LogP contribution is -2.41. The minimum atomic E-state index is 0.540. The number of nitrogens with one attached hydrogen (secondary N) is 1. The van der Waals surface area contributed by atoms with Gasteiger partial charge in [-0.1, -0.05) is 26.0 Å². The van der Waals surface area contributed by atoms with Gasteiger partial charge in [0.15, 0.2) is 0 Å². The molecule has 1 aliphatic heterocycles. The standard InChI is InChI=1S/C18H31N3/c1-14(2)17(13-20(3)4)19-12-15-8-9-18-16(11-15)7-6-10-21(18)5/h8-9,11,14,17,19H,6-7,10,12-13H2,1-5H3. The highest BCUT2D eigenvalue weighted by Gasteiger charge is 2.16. The van der Waals surface area contributed by atoms with Crippen LogP contribution in [0.4, 0.5) is 5.69 Å². The van der Waals surface area contributed by atoms with Crippen LogP contribution in [0, 0.1) is 5.92 Å². The van der Waals surface area contributed by atoms with Crippen LogP contribution >= 0.6 is 0 Å². The second-order valence-electron chi connectivity index (χ2n) is 6.98. The zero-order valence-corrected chi connectivity index (χ0v) is 14.3. The van der Waals surface area contributed by atoms with Gasteiger partial charge in [0.25, 0.3) is 0 Å². The highest BCUT2D eigenvalue weighted by Crippen LogP contribution is 2.26. The van der Waals surface area contributed by atoms with Crippen molar-refractivity contribution in [3.63, 3.8) is 0 Å². The first-order valence-corrected chi connectivity index (χ1v) is 8.18. The molecule has 0 aliphatic carbocycles. The van der Waals surface area contributed by atoms with Crippen LogP contribution in [-0.2, 0) is 13.0 Å². The largest absolute Gasteiger partial charge is 0.374 e.